The Morgan fingerprint density at radius 2 is 1.70 bits per heavy atom. The lowest BCUT2D eigenvalue weighted by atomic mass is 9.97. The van der Waals surface area contributed by atoms with Crippen LogP contribution in [-0.2, 0) is 13.6 Å². The van der Waals surface area contributed by atoms with E-state index in [2.05, 4.69) is 5.10 Å². The van der Waals surface area contributed by atoms with Crippen LogP contribution in [0.5, 0.6) is 0 Å². The predicted molar refractivity (Wildman–Crippen MR) is 105 cm³/mol. The quantitative estimate of drug-likeness (QED) is 0.630. The summed E-state index contributed by atoms with van der Waals surface area (Å²) in [5.41, 5.74) is 3.21. The van der Waals surface area contributed by atoms with Gasteiger partial charge < -0.3 is 4.90 Å². The zero-order valence-electron chi connectivity index (χ0n) is 15.4. The second kappa shape index (κ2) is 7.76. The average Bonchev–Trinajstić information content (AvgIpc) is 2.99. The highest BCUT2D eigenvalue weighted by Crippen LogP contribution is 2.19. The van der Waals surface area contributed by atoms with Crippen LogP contribution in [0.25, 0.3) is 0 Å². The normalized spacial score (nSPS) is 10.7. The number of halogens is 1. The fraction of sp³-hybridized carbons (Fsp3) is 0.190. The minimum absolute atomic E-state index is 0.207. The van der Waals surface area contributed by atoms with Gasteiger partial charge in [0.1, 0.15) is 0 Å². The van der Waals surface area contributed by atoms with E-state index in [0.29, 0.717) is 28.3 Å². The molecule has 0 aliphatic carbocycles. The third-order valence-corrected chi connectivity index (χ3v) is 4.85. The summed E-state index contributed by atoms with van der Waals surface area (Å²) >= 11 is 5.90. The summed E-state index contributed by atoms with van der Waals surface area (Å²) in [5.74, 6) is -0.419. The van der Waals surface area contributed by atoms with Crippen molar-refractivity contribution in [3.05, 3.63) is 87.7 Å². The molecule has 0 fully saturated rings. The molecule has 1 aromatic heterocycles. The highest BCUT2D eigenvalue weighted by atomic mass is 35.5. The van der Waals surface area contributed by atoms with E-state index in [1.54, 1.807) is 71.4 Å². The summed E-state index contributed by atoms with van der Waals surface area (Å²) in [6.07, 6.45) is 1.75. The molecule has 3 rings (SSSR count). The third kappa shape index (κ3) is 3.93. The number of aryl methyl sites for hydroxylation is 1. The Morgan fingerprint density at radius 3 is 2.30 bits per heavy atom. The summed E-state index contributed by atoms with van der Waals surface area (Å²) in [6.45, 7) is 2.38. The number of amides is 1. The zero-order chi connectivity index (χ0) is 19.6. The molecule has 1 amide bonds. The monoisotopic (exact) mass is 381 g/mol. The predicted octanol–water partition coefficient (Wildman–Crippen LogP) is 3.89. The lowest BCUT2D eigenvalue weighted by Crippen LogP contribution is -2.28. The van der Waals surface area contributed by atoms with Crippen molar-refractivity contribution < 1.29 is 9.59 Å². The molecule has 138 valence electrons. The summed E-state index contributed by atoms with van der Waals surface area (Å²) < 4.78 is 1.77. The molecule has 27 heavy (non-hydrogen) atoms. The van der Waals surface area contributed by atoms with Crippen molar-refractivity contribution in [2.24, 2.45) is 7.05 Å². The van der Waals surface area contributed by atoms with Crippen molar-refractivity contribution in [1.82, 2.24) is 14.7 Å². The molecular formula is C21H20ClN3O2. The second-order valence-corrected chi connectivity index (χ2v) is 6.86. The van der Waals surface area contributed by atoms with Gasteiger partial charge in [-0.25, -0.2) is 0 Å². The Labute approximate surface area is 163 Å². The largest absolute Gasteiger partial charge is 0.337 e. The minimum atomic E-state index is -0.212. The molecule has 5 nitrogen and oxygen atoms in total. The van der Waals surface area contributed by atoms with Gasteiger partial charge in [-0.15, -0.1) is 0 Å². The maximum atomic E-state index is 13.0. The zero-order valence-corrected chi connectivity index (χ0v) is 16.2. The molecule has 0 N–H and O–H groups in total. The van der Waals surface area contributed by atoms with Crippen LogP contribution >= 0.6 is 11.6 Å². The van der Waals surface area contributed by atoms with Crippen LogP contribution in [0.3, 0.4) is 0 Å². The van der Waals surface area contributed by atoms with E-state index in [4.69, 9.17) is 11.6 Å². The molecule has 0 bridgehead atoms. The van der Waals surface area contributed by atoms with Gasteiger partial charge in [-0.3, -0.25) is 14.3 Å². The molecule has 6 heteroatoms. The van der Waals surface area contributed by atoms with E-state index >= 15 is 0 Å². The van der Waals surface area contributed by atoms with Crippen LogP contribution in [0.4, 0.5) is 0 Å². The first-order chi connectivity index (χ1) is 12.9. The van der Waals surface area contributed by atoms with Crippen LogP contribution < -0.4 is 0 Å². The molecule has 0 unspecified atom stereocenters. The van der Waals surface area contributed by atoms with Gasteiger partial charge in [0.15, 0.2) is 5.78 Å². The lowest BCUT2D eigenvalue weighted by Gasteiger charge is -2.18. The van der Waals surface area contributed by atoms with Gasteiger partial charge in [0.2, 0.25) is 0 Å². The minimum Gasteiger partial charge on any atom is -0.337 e. The number of nitrogens with zero attached hydrogens (tertiary/aromatic N) is 3. The third-order valence-electron chi connectivity index (χ3n) is 4.60. The Balaban J connectivity index is 1.88. The molecule has 1 heterocycles. The molecule has 0 saturated carbocycles. The standard InChI is InChI=1S/C21H20ClN3O2/c1-14-16(12-23-25(14)3)13-24(2)21(27)19-7-5-4-6-18(19)20(26)15-8-10-17(22)11-9-15/h4-12H,13H2,1-3H3. The SMILES string of the molecule is Cc1c(CN(C)C(=O)c2ccccc2C(=O)c2ccc(Cl)cc2)cnn1C. The number of carbonyl (C=O) groups excluding carboxylic acids is 2. The van der Waals surface area contributed by atoms with Crippen LogP contribution in [0, 0.1) is 6.92 Å². The summed E-state index contributed by atoms with van der Waals surface area (Å²) in [6, 6.07) is 13.5. The van der Waals surface area contributed by atoms with Crippen molar-refractivity contribution in [3.63, 3.8) is 0 Å². The molecule has 0 aliphatic rings. The number of ketones is 1. The van der Waals surface area contributed by atoms with Gasteiger partial charge in [0, 0.05) is 48.0 Å². The van der Waals surface area contributed by atoms with Crippen molar-refractivity contribution in [2.45, 2.75) is 13.5 Å². The number of hydrogen-bond donors (Lipinski definition) is 0. The van der Waals surface area contributed by atoms with Crippen molar-refractivity contribution >= 4 is 23.3 Å². The Hall–Kier alpha value is -2.92. The number of aromatic nitrogens is 2. The fourth-order valence-electron chi connectivity index (χ4n) is 2.86. The fourth-order valence-corrected chi connectivity index (χ4v) is 2.98. The second-order valence-electron chi connectivity index (χ2n) is 6.42. The Morgan fingerprint density at radius 1 is 1.07 bits per heavy atom. The summed E-state index contributed by atoms with van der Waals surface area (Å²) in [7, 11) is 3.58. The van der Waals surface area contributed by atoms with E-state index in [0.717, 1.165) is 11.3 Å². The van der Waals surface area contributed by atoms with Crippen LogP contribution in [0.1, 0.15) is 37.5 Å². The van der Waals surface area contributed by atoms with Crippen LogP contribution in [0.15, 0.2) is 54.7 Å². The van der Waals surface area contributed by atoms with Gasteiger partial charge >= 0.3 is 0 Å². The molecule has 0 saturated heterocycles. The van der Waals surface area contributed by atoms with Gasteiger partial charge in [-0.2, -0.15) is 5.10 Å². The maximum Gasteiger partial charge on any atom is 0.254 e. The van der Waals surface area contributed by atoms with Crippen molar-refractivity contribution in [2.75, 3.05) is 7.05 Å². The Kier molecular flexibility index (Phi) is 5.42. The van der Waals surface area contributed by atoms with Crippen molar-refractivity contribution in [1.29, 1.82) is 0 Å². The first-order valence-corrected chi connectivity index (χ1v) is 8.88. The van der Waals surface area contributed by atoms with E-state index in [1.807, 2.05) is 14.0 Å². The first-order valence-electron chi connectivity index (χ1n) is 8.50. The molecule has 2 aromatic carbocycles. The van der Waals surface area contributed by atoms with Gasteiger partial charge in [0.25, 0.3) is 5.91 Å². The highest BCUT2D eigenvalue weighted by molar-refractivity contribution is 6.30. The highest BCUT2D eigenvalue weighted by Gasteiger charge is 2.21. The molecule has 0 spiro atoms. The number of benzene rings is 2. The van der Waals surface area contributed by atoms with E-state index in [9.17, 15) is 9.59 Å². The summed E-state index contributed by atoms with van der Waals surface area (Å²) in [5, 5.41) is 4.77. The van der Waals surface area contributed by atoms with Crippen molar-refractivity contribution in [3.8, 4) is 0 Å². The molecule has 0 aliphatic heterocycles. The van der Waals surface area contributed by atoms with Crippen LogP contribution in [0.2, 0.25) is 5.02 Å². The maximum absolute atomic E-state index is 13.0. The number of carbonyl (C=O) groups is 2. The summed E-state index contributed by atoms with van der Waals surface area (Å²) in [4.78, 5) is 27.5. The van der Waals surface area contributed by atoms with E-state index in [1.165, 1.54) is 0 Å². The molecule has 0 atom stereocenters. The topological polar surface area (TPSA) is 55.2 Å². The number of rotatable bonds is 5. The first kappa shape index (κ1) is 18.9. The van der Waals surface area contributed by atoms with E-state index < -0.39 is 0 Å². The average molecular weight is 382 g/mol. The lowest BCUT2D eigenvalue weighted by molar-refractivity contribution is 0.0780. The smallest absolute Gasteiger partial charge is 0.254 e. The van der Waals surface area contributed by atoms with Gasteiger partial charge in [-0.1, -0.05) is 29.8 Å². The number of hydrogen-bond acceptors (Lipinski definition) is 3. The van der Waals surface area contributed by atoms with E-state index in [-0.39, 0.29) is 11.7 Å². The molecule has 0 radical (unpaired) electrons. The van der Waals surface area contributed by atoms with Gasteiger partial charge in [-0.05, 0) is 37.3 Å². The molecular weight excluding hydrogens is 362 g/mol. The Bertz CT molecular complexity index is 993. The molecule has 3 aromatic rings. The van der Waals surface area contributed by atoms with Crippen LogP contribution in [-0.4, -0.2) is 33.4 Å². The van der Waals surface area contributed by atoms with Gasteiger partial charge in [0.05, 0.1) is 11.8 Å².